The first-order chi connectivity index (χ1) is 15.1. The quantitative estimate of drug-likeness (QED) is 0.221. The van der Waals surface area contributed by atoms with Crippen LogP contribution in [0, 0.1) is 5.92 Å². The number of carbonyl (C=O) groups is 2. The Bertz CT molecular complexity index is 628. The molecule has 1 aliphatic rings. The minimum Gasteiger partial charge on any atom is -0.469 e. The average Bonchev–Trinajstić information content (AvgIpc) is 3.21. The number of allylic oxidation sites excluding steroid dienone is 2. The van der Waals surface area contributed by atoms with Crippen molar-refractivity contribution in [2.45, 2.75) is 72.3 Å². The summed E-state index contributed by atoms with van der Waals surface area (Å²) in [6.07, 6.45) is 10.6. The van der Waals surface area contributed by atoms with Gasteiger partial charge in [-0.15, -0.1) is 0 Å². The van der Waals surface area contributed by atoms with Gasteiger partial charge in [-0.3, -0.25) is 9.59 Å². The third-order valence-corrected chi connectivity index (χ3v) is 5.68. The van der Waals surface area contributed by atoms with E-state index < -0.39 is 0 Å². The van der Waals surface area contributed by atoms with Crippen LogP contribution in [0.15, 0.2) is 36.4 Å². The highest BCUT2D eigenvalue weighted by Crippen LogP contribution is 2.23. The van der Waals surface area contributed by atoms with Crippen molar-refractivity contribution < 1.29 is 19.1 Å². The van der Waals surface area contributed by atoms with Gasteiger partial charge in [-0.2, -0.15) is 11.8 Å². The highest BCUT2D eigenvalue weighted by atomic mass is 32.2. The molecule has 0 heterocycles. The highest BCUT2D eigenvalue weighted by molar-refractivity contribution is 7.99. The molecular formula is C26H42O4S. The Morgan fingerprint density at radius 3 is 2.58 bits per heavy atom. The Morgan fingerprint density at radius 1 is 1.23 bits per heavy atom. The van der Waals surface area contributed by atoms with E-state index in [1.165, 1.54) is 18.2 Å². The van der Waals surface area contributed by atoms with Crippen molar-refractivity contribution in [3.8, 4) is 0 Å². The molecule has 0 spiro atoms. The predicted octanol–water partition coefficient (Wildman–Crippen LogP) is 6.41. The number of hydrogen-bond donors (Lipinski definition) is 0. The van der Waals surface area contributed by atoms with E-state index in [9.17, 15) is 9.59 Å². The number of methoxy groups -OCH3 is 2. The van der Waals surface area contributed by atoms with E-state index in [1.807, 2.05) is 25.6 Å². The number of ether oxygens (including phenoxy) is 2. The fraction of sp³-hybridized carbons (Fsp3) is 0.615. The Hall–Kier alpha value is -1.59. The van der Waals surface area contributed by atoms with E-state index >= 15 is 0 Å². The van der Waals surface area contributed by atoms with Gasteiger partial charge in [-0.05, 0) is 54.2 Å². The van der Waals surface area contributed by atoms with Crippen molar-refractivity contribution in [3.05, 3.63) is 47.5 Å². The van der Waals surface area contributed by atoms with Gasteiger partial charge in [0.05, 0.1) is 13.7 Å². The van der Waals surface area contributed by atoms with Gasteiger partial charge in [0.15, 0.2) is 0 Å². The number of rotatable bonds is 11. The lowest BCUT2D eigenvalue weighted by molar-refractivity contribution is -0.140. The summed E-state index contributed by atoms with van der Waals surface area (Å²) in [7, 11) is 3.15. The molecule has 2 rings (SSSR count). The maximum Gasteiger partial charge on any atom is 0.305 e. The molecule has 4 nitrogen and oxygen atoms in total. The molecule has 1 aliphatic carbocycles. The molecule has 0 bridgehead atoms. The Balaban J connectivity index is 0.000000639. The summed E-state index contributed by atoms with van der Waals surface area (Å²) in [5, 5.41) is 0. The first-order valence-corrected chi connectivity index (χ1v) is 12.6. The SMILES string of the molecule is CC.CCSCCCC(=O)OC.COCc1cccc(CC/C=C/[C@H]2CCC(=O)C2)c1. The van der Waals surface area contributed by atoms with Crippen molar-refractivity contribution in [2.75, 3.05) is 25.7 Å². The molecule has 1 aromatic rings. The van der Waals surface area contributed by atoms with Gasteiger partial charge in [0.2, 0.25) is 0 Å². The normalized spacial score (nSPS) is 15.1. The lowest BCUT2D eigenvalue weighted by atomic mass is 10.0. The van der Waals surface area contributed by atoms with Crippen LogP contribution in [-0.2, 0) is 32.1 Å². The maximum absolute atomic E-state index is 11.2. The van der Waals surface area contributed by atoms with Crippen LogP contribution in [0.3, 0.4) is 0 Å². The van der Waals surface area contributed by atoms with E-state index in [2.05, 4.69) is 48.1 Å². The number of esters is 1. The van der Waals surface area contributed by atoms with Crippen LogP contribution in [0.25, 0.3) is 0 Å². The maximum atomic E-state index is 11.2. The second kappa shape index (κ2) is 20.3. The second-order valence-electron chi connectivity index (χ2n) is 7.14. The fourth-order valence-electron chi connectivity index (χ4n) is 3.15. The largest absolute Gasteiger partial charge is 0.469 e. The molecule has 0 N–H and O–H groups in total. The first kappa shape index (κ1) is 29.4. The smallest absolute Gasteiger partial charge is 0.305 e. The molecule has 1 saturated carbocycles. The number of aryl methyl sites for hydroxylation is 1. The minimum absolute atomic E-state index is 0.100. The second-order valence-corrected chi connectivity index (χ2v) is 8.53. The zero-order valence-corrected chi connectivity index (χ0v) is 21.0. The standard InChI is InChI=1S/C17H22O2.C7H14O2S.C2H6/c1-19-13-16-8-4-7-14(11-16)5-2-3-6-15-9-10-17(18)12-15;1-3-10-6-4-5-7(8)9-2;1-2/h3-4,6-8,11,15H,2,5,9-10,12-13H2,1H3;3-6H2,1-2H3;1-2H3/b6-3+;;/t15-;;/m0../s1. The molecule has 0 unspecified atom stereocenters. The molecule has 31 heavy (non-hydrogen) atoms. The van der Waals surface area contributed by atoms with Crippen LogP contribution >= 0.6 is 11.8 Å². The number of hydrogen-bond acceptors (Lipinski definition) is 5. The minimum atomic E-state index is -0.100. The zero-order chi connectivity index (χ0) is 23.3. The number of thioether (sulfide) groups is 1. The van der Waals surface area contributed by atoms with Gasteiger partial charge in [0.1, 0.15) is 5.78 Å². The van der Waals surface area contributed by atoms with Gasteiger partial charge >= 0.3 is 5.97 Å². The highest BCUT2D eigenvalue weighted by Gasteiger charge is 2.18. The number of Topliss-reactive ketones (excluding diaryl/α,β-unsaturated/α-hetero) is 1. The van der Waals surface area contributed by atoms with E-state index in [0.717, 1.165) is 50.0 Å². The van der Waals surface area contributed by atoms with Crippen molar-refractivity contribution >= 4 is 23.5 Å². The van der Waals surface area contributed by atoms with E-state index in [4.69, 9.17) is 4.74 Å². The first-order valence-electron chi connectivity index (χ1n) is 11.5. The van der Waals surface area contributed by atoms with Crippen molar-refractivity contribution in [2.24, 2.45) is 5.92 Å². The summed E-state index contributed by atoms with van der Waals surface area (Å²) < 4.78 is 9.62. The molecule has 0 aromatic heterocycles. The summed E-state index contributed by atoms with van der Waals surface area (Å²) >= 11 is 1.85. The summed E-state index contributed by atoms with van der Waals surface area (Å²) in [6.45, 7) is 6.79. The van der Waals surface area contributed by atoms with Crippen LogP contribution in [-0.4, -0.2) is 37.5 Å². The van der Waals surface area contributed by atoms with Gasteiger partial charge < -0.3 is 9.47 Å². The Morgan fingerprint density at radius 2 is 1.97 bits per heavy atom. The summed E-state index contributed by atoms with van der Waals surface area (Å²) in [5.41, 5.74) is 2.58. The molecule has 1 fully saturated rings. The summed E-state index contributed by atoms with van der Waals surface area (Å²) in [4.78, 5) is 21.7. The lowest BCUT2D eigenvalue weighted by Gasteiger charge is -2.04. The molecule has 0 saturated heterocycles. The van der Waals surface area contributed by atoms with E-state index in [0.29, 0.717) is 24.7 Å². The van der Waals surface area contributed by atoms with E-state index in [1.54, 1.807) is 7.11 Å². The van der Waals surface area contributed by atoms with Gasteiger partial charge in [0.25, 0.3) is 0 Å². The van der Waals surface area contributed by atoms with Crippen LogP contribution in [0.1, 0.15) is 70.4 Å². The number of benzene rings is 1. The van der Waals surface area contributed by atoms with Gasteiger partial charge in [-0.1, -0.05) is 57.2 Å². The zero-order valence-electron chi connectivity index (χ0n) is 20.2. The molecule has 1 aromatic carbocycles. The van der Waals surface area contributed by atoms with Crippen LogP contribution in [0.5, 0.6) is 0 Å². The predicted molar refractivity (Wildman–Crippen MR) is 133 cm³/mol. The molecule has 1 atom stereocenters. The van der Waals surface area contributed by atoms with Gasteiger partial charge in [-0.25, -0.2) is 0 Å². The third kappa shape index (κ3) is 15.8. The summed E-state index contributed by atoms with van der Waals surface area (Å²) in [5.74, 6) is 3.00. The molecule has 0 amide bonds. The summed E-state index contributed by atoms with van der Waals surface area (Å²) in [6, 6.07) is 8.54. The molecular weight excluding hydrogens is 408 g/mol. The van der Waals surface area contributed by atoms with Crippen molar-refractivity contribution in [3.63, 3.8) is 0 Å². The molecule has 176 valence electrons. The third-order valence-electron chi connectivity index (χ3n) is 4.70. The average molecular weight is 451 g/mol. The number of ketones is 1. The van der Waals surface area contributed by atoms with Gasteiger partial charge in [0, 0.05) is 26.4 Å². The topological polar surface area (TPSA) is 52.6 Å². The molecule has 0 aliphatic heterocycles. The van der Waals surface area contributed by atoms with Crippen LogP contribution in [0.2, 0.25) is 0 Å². The molecule has 5 heteroatoms. The van der Waals surface area contributed by atoms with Crippen LogP contribution in [0.4, 0.5) is 0 Å². The lowest BCUT2D eigenvalue weighted by Crippen LogP contribution is -1.99. The Kier molecular flexibility index (Phi) is 19.3. The van der Waals surface area contributed by atoms with Crippen molar-refractivity contribution in [1.82, 2.24) is 0 Å². The van der Waals surface area contributed by atoms with E-state index in [-0.39, 0.29) is 5.97 Å². The fourth-order valence-corrected chi connectivity index (χ4v) is 3.79. The Labute approximate surface area is 194 Å². The monoisotopic (exact) mass is 450 g/mol. The number of carbonyl (C=O) groups excluding carboxylic acids is 2. The van der Waals surface area contributed by atoms with Crippen molar-refractivity contribution in [1.29, 1.82) is 0 Å². The molecule has 0 radical (unpaired) electrons. The van der Waals surface area contributed by atoms with Crippen LogP contribution < -0.4 is 0 Å².